The van der Waals surface area contributed by atoms with Gasteiger partial charge in [0.05, 0.1) is 24.9 Å². The summed E-state index contributed by atoms with van der Waals surface area (Å²) in [7, 11) is 0. The van der Waals surface area contributed by atoms with Gasteiger partial charge in [-0.05, 0) is 56.4 Å². The number of nitrogens with one attached hydrogen (secondary N) is 1. The summed E-state index contributed by atoms with van der Waals surface area (Å²) >= 11 is 0. The zero-order valence-corrected chi connectivity index (χ0v) is 14.4. The summed E-state index contributed by atoms with van der Waals surface area (Å²) in [6, 6.07) is 0. The smallest absolute Gasteiger partial charge is 0.0814 e. The Kier molecular flexibility index (Phi) is 6.97. The third kappa shape index (κ3) is 5.88. The van der Waals surface area contributed by atoms with Gasteiger partial charge in [-0.15, -0.1) is 0 Å². The molecule has 1 saturated carbocycles. The highest BCUT2D eigenvalue weighted by Gasteiger charge is 2.28. The highest BCUT2D eigenvalue weighted by molar-refractivity contribution is 4.78. The predicted molar refractivity (Wildman–Crippen MR) is 87.5 cm³/mol. The standard InChI is InChI=1S/C18H35NO2/c1-13(2)10-19-11-17-7-8-18(21-17)12-20-16-6-5-14(3)15(4)9-16/h13-19H,5-12H2,1-4H3. The lowest BCUT2D eigenvalue weighted by molar-refractivity contribution is -0.0597. The molecule has 1 N–H and O–H groups in total. The van der Waals surface area contributed by atoms with E-state index >= 15 is 0 Å². The summed E-state index contributed by atoms with van der Waals surface area (Å²) in [5.74, 6) is 2.38. The lowest BCUT2D eigenvalue weighted by atomic mass is 9.80. The minimum atomic E-state index is 0.325. The van der Waals surface area contributed by atoms with Gasteiger partial charge in [0, 0.05) is 6.54 Å². The van der Waals surface area contributed by atoms with E-state index in [1.807, 2.05) is 0 Å². The van der Waals surface area contributed by atoms with Gasteiger partial charge < -0.3 is 14.8 Å². The van der Waals surface area contributed by atoms with Gasteiger partial charge in [-0.2, -0.15) is 0 Å². The van der Waals surface area contributed by atoms with E-state index in [1.165, 1.54) is 25.7 Å². The van der Waals surface area contributed by atoms with Crippen molar-refractivity contribution in [1.82, 2.24) is 5.32 Å². The first-order valence-corrected chi connectivity index (χ1v) is 9.02. The molecule has 3 nitrogen and oxygen atoms in total. The molecule has 2 rings (SSSR count). The Morgan fingerprint density at radius 3 is 2.52 bits per heavy atom. The predicted octanol–water partition coefficient (Wildman–Crippen LogP) is 3.62. The molecule has 2 aliphatic rings. The van der Waals surface area contributed by atoms with Gasteiger partial charge in [0.2, 0.25) is 0 Å². The van der Waals surface area contributed by atoms with Gasteiger partial charge in [-0.3, -0.25) is 0 Å². The Bertz CT molecular complexity index is 295. The average Bonchev–Trinajstić information content (AvgIpc) is 2.88. The van der Waals surface area contributed by atoms with Crippen molar-refractivity contribution in [3.8, 4) is 0 Å². The molecule has 0 bridgehead atoms. The second kappa shape index (κ2) is 8.50. The Balaban J connectivity index is 1.58. The topological polar surface area (TPSA) is 30.5 Å². The average molecular weight is 297 g/mol. The molecule has 2 fully saturated rings. The fourth-order valence-electron chi connectivity index (χ4n) is 3.48. The van der Waals surface area contributed by atoms with Crippen molar-refractivity contribution >= 4 is 0 Å². The van der Waals surface area contributed by atoms with E-state index < -0.39 is 0 Å². The molecule has 0 aromatic carbocycles. The number of hydrogen-bond donors (Lipinski definition) is 1. The Hall–Kier alpha value is -0.120. The summed E-state index contributed by atoms with van der Waals surface area (Å²) in [4.78, 5) is 0. The van der Waals surface area contributed by atoms with Crippen molar-refractivity contribution in [2.75, 3.05) is 19.7 Å². The van der Waals surface area contributed by atoms with Crippen LogP contribution in [0.15, 0.2) is 0 Å². The van der Waals surface area contributed by atoms with Crippen LogP contribution in [0.3, 0.4) is 0 Å². The molecular formula is C18H35NO2. The molecule has 0 aromatic rings. The van der Waals surface area contributed by atoms with Crippen LogP contribution >= 0.6 is 0 Å². The van der Waals surface area contributed by atoms with E-state index in [9.17, 15) is 0 Å². The minimum Gasteiger partial charge on any atom is -0.376 e. The van der Waals surface area contributed by atoms with Crippen molar-refractivity contribution in [2.24, 2.45) is 17.8 Å². The summed E-state index contributed by atoms with van der Waals surface area (Å²) in [6.07, 6.45) is 7.31. The fraction of sp³-hybridized carbons (Fsp3) is 1.00. The Morgan fingerprint density at radius 1 is 1.05 bits per heavy atom. The molecule has 21 heavy (non-hydrogen) atoms. The van der Waals surface area contributed by atoms with Crippen LogP contribution in [0, 0.1) is 17.8 Å². The maximum atomic E-state index is 6.13. The first-order chi connectivity index (χ1) is 10.0. The summed E-state index contributed by atoms with van der Waals surface area (Å²) in [6.45, 7) is 12.1. The lowest BCUT2D eigenvalue weighted by Gasteiger charge is -2.32. The third-order valence-electron chi connectivity index (χ3n) is 5.19. The number of rotatable bonds is 7. The van der Waals surface area contributed by atoms with Crippen LogP contribution in [0.5, 0.6) is 0 Å². The minimum absolute atomic E-state index is 0.325. The third-order valence-corrected chi connectivity index (χ3v) is 5.19. The van der Waals surface area contributed by atoms with E-state index in [2.05, 4.69) is 33.0 Å². The highest BCUT2D eigenvalue weighted by Crippen LogP contribution is 2.31. The lowest BCUT2D eigenvalue weighted by Crippen LogP contribution is -2.32. The van der Waals surface area contributed by atoms with Gasteiger partial charge >= 0.3 is 0 Å². The van der Waals surface area contributed by atoms with Crippen molar-refractivity contribution in [3.63, 3.8) is 0 Å². The number of hydrogen-bond acceptors (Lipinski definition) is 3. The molecule has 124 valence electrons. The fourth-order valence-corrected chi connectivity index (χ4v) is 3.48. The van der Waals surface area contributed by atoms with Crippen molar-refractivity contribution in [1.29, 1.82) is 0 Å². The largest absolute Gasteiger partial charge is 0.376 e. The van der Waals surface area contributed by atoms with Gasteiger partial charge in [-0.1, -0.05) is 27.7 Å². The van der Waals surface area contributed by atoms with Crippen LogP contribution in [-0.4, -0.2) is 38.0 Å². The van der Waals surface area contributed by atoms with E-state index in [1.54, 1.807) is 0 Å². The second-order valence-corrected chi connectivity index (χ2v) is 7.73. The maximum Gasteiger partial charge on any atom is 0.0814 e. The molecule has 1 aliphatic heterocycles. The van der Waals surface area contributed by atoms with E-state index in [0.717, 1.165) is 38.0 Å². The second-order valence-electron chi connectivity index (χ2n) is 7.73. The van der Waals surface area contributed by atoms with Crippen LogP contribution in [0.4, 0.5) is 0 Å². The normalized spacial score (nSPS) is 37.3. The molecule has 3 heteroatoms. The SMILES string of the molecule is CC(C)CNCC1CCC(COC2CCC(C)C(C)C2)O1. The van der Waals surface area contributed by atoms with E-state index in [-0.39, 0.29) is 0 Å². The summed E-state index contributed by atoms with van der Waals surface area (Å²) < 4.78 is 12.2. The molecule has 1 aliphatic carbocycles. The van der Waals surface area contributed by atoms with E-state index in [0.29, 0.717) is 24.2 Å². The van der Waals surface area contributed by atoms with Crippen LogP contribution in [0.1, 0.15) is 59.8 Å². The van der Waals surface area contributed by atoms with Crippen molar-refractivity contribution < 1.29 is 9.47 Å². The van der Waals surface area contributed by atoms with Gasteiger partial charge in [-0.25, -0.2) is 0 Å². The van der Waals surface area contributed by atoms with Gasteiger partial charge in [0.1, 0.15) is 0 Å². The van der Waals surface area contributed by atoms with Crippen LogP contribution in [0.25, 0.3) is 0 Å². The zero-order valence-electron chi connectivity index (χ0n) is 14.4. The Morgan fingerprint density at radius 2 is 1.81 bits per heavy atom. The first-order valence-electron chi connectivity index (χ1n) is 9.02. The van der Waals surface area contributed by atoms with Crippen molar-refractivity contribution in [2.45, 2.75) is 78.1 Å². The molecule has 5 unspecified atom stereocenters. The zero-order chi connectivity index (χ0) is 15.2. The summed E-state index contributed by atoms with van der Waals surface area (Å²) in [5, 5.41) is 3.50. The van der Waals surface area contributed by atoms with Crippen molar-refractivity contribution in [3.05, 3.63) is 0 Å². The molecule has 0 amide bonds. The quantitative estimate of drug-likeness (QED) is 0.778. The van der Waals surface area contributed by atoms with Crippen LogP contribution < -0.4 is 5.32 Å². The Labute approximate surface area is 131 Å². The first kappa shape index (κ1) is 17.2. The maximum absolute atomic E-state index is 6.13. The van der Waals surface area contributed by atoms with Gasteiger partial charge in [0.25, 0.3) is 0 Å². The van der Waals surface area contributed by atoms with Crippen LogP contribution in [0.2, 0.25) is 0 Å². The molecule has 0 aromatic heterocycles. The monoisotopic (exact) mass is 297 g/mol. The molecule has 1 saturated heterocycles. The van der Waals surface area contributed by atoms with Gasteiger partial charge in [0.15, 0.2) is 0 Å². The number of ether oxygens (including phenoxy) is 2. The van der Waals surface area contributed by atoms with Crippen LogP contribution in [-0.2, 0) is 9.47 Å². The molecule has 1 heterocycles. The molecule has 0 radical (unpaired) electrons. The highest BCUT2D eigenvalue weighted by atomic mass is 16.5. The molecule has 5 atom stereocenters. The summed E-state index contributed by atoms with van der Waals surface area (Å²) in [5.41, 5.74) is 0. The van der Waals surface area contributed by atoms with E-state index in [4.69, 9.17) is 9.47 Å². The molecule has 0 spiro atoms. The molecular weight excluding hydrogens is 262 g/mol.